The van der Waals surface area contributed by atoms with Crippen LogP contribution in [0.3, 0.4) is 0 Å². The Labute approximate surface area is 138 Å². The molecule has 2 aromatic rings. The molecule has 3 heterocycles. The van der Waals surface area contributed by atoms with Crippen LogP contribution in [0.15, 0.2) is 11.1 Å². The van der Waals surface area contributed by atoms with E-state index >= 15 is 0 Å². The minimum atomic E-state index is -0.968. The average Bonchev–Trinajstić information content (AvgIpc) is 3.04. The third kappa shape index (κ3) is 2.22. The molecular weight excluding hydrogens is 312 g/mol. The molecular formula is C15H22N6O3. The van der Waals surface area contributed by atoms with Gasteiger partial charge in [-0.3, -0.25) is 4.57 Å². The number of nitrogens with two attached hydrogens (primary N) is 1. The molecule has 0 spiro atoms. The van der Waals surface area contributed by atoms with E-state index in [2.05, 4.69) is 15.0 Å². The topological polar surface area (TPSA) is 130 Å². The van der Waals surface area contributed by atoms with Gasteiger partial charge in [-0.05, 0) is 18.3 Å². The number of anilines is 1. The first-order valence-corrected chi connectivity index (χ1v) is 7.87. The van der Waals surface area contributed by atoms with Crippen molar-refractivity contribution in [3.05, 3.63) is 16.8 Å². The number of carbonyl (C=O) groups is 1. The lowest BCUT2D eigenvalue weighted by atomic mass is 9.71. The van der Waals surface area contributed by atoms with Gasteiger partial charge < -0.3 is 20.7 Å². The Balaban J connectivity index is 2.17. The minimum Gasteiger partial charge on any atom is -0.465 e. The molecule has 1 atom stereocenters. The standard InChI is InChI=1S/C15H22N6O3/c1-14(2,3)15(5-4-6-21(15)13(23)24)7-20-11-9(19-12(20)22)10(16)17-8-18-11/h8H,4-7H2,1-3H3,(H,19,22)(H,23,24)(H2,16,17,18). The van der Waals surface area contributed by atoms with E-state index in [1.807, 2.05) is 20.8 Å². The van der Waals surface area contributed by atoms with Gasteiger partial charge in [-0.1, -0.05) is 20.8 Å². The number of likely N-dealkylation sites (tertiary alicyclic amines) is 1. The number of aromatic nitrogens is 4. The zero-order chi connectivity index (χ0) is 17.7. The molecule has 3 rings (SSSR count). The number of H-pyrrole nitrogens is 1. The van der Waals surface area contributed by atoms with Gasteiger partial charge in [0, 0.05) is 6.54 Å². The second kappa shape index (κ2) is 5.22. The van der Waals surface area contributed by atoms with Crippen molar-refractivity contribution in [2.24, 2.45) is 5.41 Å². The number of hydrogen-bond donors (Lipinski definition) is 3. The van der Waals surface area contributed by atoms with E-state index in [1.54, 1.807) is 0 Å². The van der Waals surface area contributed by atoms with Gasteiger partial charge in [-0.2, -0.15) is 0 Å². The van der Waals surface area contributed by atoms with Crippen molar-refractivity contribution < 1.29 is 9.90 Å². The number of nitrogens with zero attached hydrogens (tertiary/aromatic N) is 4. The summed E-state index contributed by atoms with van der Waals surface area (Å²) in [5.74, 6) is 0.196. The zero-order valence-electron chi connectivity index (χ0n) is 14.0. The molecule has 0 bridgehead atoms. The van der Waals surface area contributed by atoms with Gasteiger partial charge in [0.1, 0.15) is 11.8 Å². The summed E-state index contributed by atoms with van der Waals surface area (Å²) < 4.78 is 1.47. The van der Waals surface area contributed by atoms with Gasteiger partial charge in [-0.15, -0.1) is 0 Å². The zero-order valence-corrected chi connectivity index (χ0v) is 14.0. The molecule has 1 aliphatic rings. The highest BCUT2D eigenvalue weighted by Gasteiger charge is 2.52. The summed E-state index contributed by atoms with van der Waals surface area (Å²) in [7, 11) is 0. The Kier molecular flexibility index (Phi) is 3.54. The second-order valence-electron chi connectivity index (χ2n) is 7.29. The van der Waals surface area contributed by atoms with Crippen LogP contribution in [0.25, 0.3) is 11.2 Å². The fraction of sp³-hybridized carbons (Fsp3) is 0.600. The normalized spacial score (nSPS) is 21.5. The molecule has 1 aliphatic heterocycles. The van der Waals surface area contributed by atoms with Crippen LogP contribution >= 0.6 is 0 Å². The van der Waals surface area contributed by atoms with Crippen molar-refractivity contribution >= 4 is 23.1 Å². The summed E-state index contributed by atoms with van der Waals surface area (Å²) in [5, 5.41) is 9.65. The first-order valence-electron chi connectivity index (χ1n) is 7.87. The number of imidazole rings is 1. The van der Waals surface area contributed by atoms with Crippen molar-refractivity contribution in [3.63, 3.8) is 0 Å². The number of fused-ring (bicyclic) bond motifs is 1. The van der Waals surface area contributed by atoms with E-state index < -0.39 is 11.6 Å². The Morgan fingerprint density at radius 3 is 2.79 bits per heavy atom. The van der Waals surface area contributed by atoms with Gasteiger partial charge in [0.15, 0.2) is 11.5 Å². The predicted octanol–water partition coefficient (Wildman–Crippen LogP) is 1.26. The van der Waals surface area contributed by atoms with Crippen LogP contribution in [-0.4, -0.2) is 47.7 Å². The maximum absolute atomic E-state index is 12.4. The quantitative estimate of drug-likeness (QED) is 0.758. The monoisotopic (exact) mass is 334 g/mol. The third-order valence-corrected chi connectivity index (χ3v) is 5.12. The first-order chi connectivity index (χ1) is 11.2. The molecule has 1 amide bonds. The Morgan fingerprint density at radius 2 is 2.17 bits per heavy atom. The third-order valence-electron chi connectivity index (χ3n) is 5.12. The Hall–Kier alpha value is -2.58. The maximum atomic E-state index is 12.4. The molecule has 0 radical (unpaired) electrons. The number of amides is 1. The fourth-order valence-corrected chi connectivity index (χ4v) is 3.73. The molecule has 4 N–H and O–H groups in total. The summed E-state index contributed by atoms with van der Waals surface area (Å²) in [5.41, 5.74) is 5.16. The summed E-state index contributed by atoms with van der Waals surface area (Å²) >= 11 is 0. The summed E-state index contributed by atoms with van der Waals surface area (Å²) in [6.45, 7) is 6.67. The summed E-state index contributed by atoms with van der Waals surface area (Å²) in [6.07, 6.45) is 1.78. The van der Waals surface area contributed by atoms with E-state index in [0.717, 1.165) is 6.42 Å². The number of hydrogen-bond acceptors (Lipinski definition) is 5. The van der Waals surface area contributed by atoms with Gasteiger partial charge in [0.05, 0.1) is 12.1 Å². The van der Waals surface area contributed by atoms with Crippen LogP contribution in [0.2, 0.25) is 0 Å². The highest BCUT2D eigenvalue weighted by Crippen LogP contribution is 2.45. The molecule has 1 saturated heterocycles. The van der Waals surface area contributed by atoms with Crippen LogP contribution in [-0.2, 0) is 6.54 Å². The number of rotatable bonds is 2. The maximum Gasteiger partial charge on any atom is 0.407 e. The molecule has 2 aromatic heterocycles. The molecule has 1 unspecified atom stereocenters. The van der Waals surface area contributed by atoms with E-state index in [-0.39, 0.29) is 23.5 Å². The van der Waals surface area contributed by atoms with E-state index in [9.17, 15) is 14.7 Å². The van der Waals surface area contributed by atoms with Crippen molar-refractivity contribution in [3.8, 4) is 0 Å². The minimum absolute atomic E-state index is 0.196. The van der Waals surface area contributed by atoms with Gasteiger partial charge >= 0.3 is 11.8 Å². The highest BCUT2D eigenvalue weighted by molar-refractivity contribution is 5.81. The van der Waals surface area contributed by atoms with Crippen molar-refractivity contribution in [2.75, 3.05) is 12.3 Å². The van der Waals surface area contributed by atoms with E-state index in [1.165, 1.54) is 15.8 Å². The van der Waals surface area contributed by atoms with Crippen LogP contribution in [0.5, 0.6) is 0 Å². The number of nitrogens with one attached hydrogen (secondary N) is 1. The SMILES string of the molecule is CC(C)(C)C1(Cn2c(=O)[nH]c3c(N)ncnc32)CCCN1C(=O)O. The lowest BCUT2D eigenvalue weighted by molar-refractivity contribution is 0.0178. The molecule has 24 heavy (non-hydrogen) atoms. The summed E-state index contributed by atoms with van der Waals surface area (Å²) in [6, 6.07) is 0. The fourth-order valence-electron chi connectivity index (χ4n) is 3.73. The molecule has 0 aromatic carbocycles. The smallest absolute Gasteiger partial charge is 0.407 e. The van der Waals surface area contributed by atoms with Crippen LogP contribution < -0.4 is 11.4 Å². The molecule has 1 fully saturated rings. The molecule has 0 saturated carbocycles. The molecule has 9 nitrogen and oxygen atoms in total. The summed E-state index contributed by atoms with van der Waals surface area (Å²) in [4.78, 5) is 36.4. The Bertz CT molecular complexity index is 849. The molecule has 9 heteroatoms. The van der Waals surface area contributed by atoms with E-state index in [0.29, 0.717) is 24.1 Å². The molecule has 130 valence electrons. The highest BCUT2D eigenvalue weighted by atomic mass is 16.4. The average molecular weight is 334 g/mol. The number of aromatic amines is 1. The predicted molar refractivity (Wildman–Crippen MR) is 88.7 cm³/mol. The first kappa shape index (κ1) is 16.3. The van der Waals surface area contributed by atoms with Gasteiger partial charge in [0.25, 0.3) is 0 Å². The Morgan fingerprint density at radius 1 is 1.46 bits per heavy atom. The van der Waals surface area contributed by atoms with Gasteiger partial charge in [-0.25, -0.2) is 19.6 Å². The van der Waals surface area contributed by atoms with Crippen molar-refractivity contribution in [2.45, 2.75) is 45.7 Å². The number of carboxylic acid groups (broad SMARTS) is 1. The second-order valence-corrected chi connectivity index (χ2v) is 7.29. The lowest BCUT2D eigenvalue weighted by Crippen LogP contribution is -2.58. The van der Waals surface area contributed by atoms with Crippen molar-refractivity contribution in [1.29, 1.82) is 0 Å². The molecule has 0 aliphatic carbocycles. The lowest BCUT2D eigenvalue weighted by Gasteiger charge is -2.47. The number of nitrogen functional groups attached to an aromatic ring is 1. The van der Waals surface area contributed by atoms with Gasteiger partial charge in [0.2, 0.25) is 0 Å². The van der Waals surface area contributed by atoms with Crippen LogP contribution in [0.1, 0.15) is 33.6 Å². The van der Waals surface area contributed by atoms with Crippen LogP contribution in [0, 0.1) is 5.41 Å². The van der Waals surface area contributed by atoms with Crippen LogP contribution in [0.4, 0.5) is 10.6 Å². The van der Waals surface area contributed by atoms with Crippen molar-refractivity contribution in [1.82, 2.24) is 24.4 Å². The van der Waals surface area contributed by atoms with E-state index in [4.69, 9.17) is 5.73 Å². The largest absolute Gasteiger partial charge is 0.465 e.